The van der Waals surface area contributed by atoms with Crippen molar-refractivity contribution in [1.82, 2.24) is 24.6 Å². The topological polar surface area (TPSA) is 88.3 Å². The minimum absolute atomic E-state index is 0.149. The number of nitrogens with one attached hydrogen (secondary N) is 1. The number of ether oxygens (including phenoxy) is 1. The molecular formula is C23H30N6O2. The molecule has 31 heavy (non-hydrogen) atoms. The molecule has 2 N–H and O–H groups in total. The molecule has 0 spiro atoms. The molecule has 2 aliphatic rings. The number of aliphatic hydroxyl groups excluding tert-OH is 1. The predicted octanol–water partition coefficient (Wildman–Crippen LogP) is 2.66. The van der Waals surface area contributed by atoms with E-state index in [4.69, 9.17) is 9.72 Å². The fourth-order valence-corrected chi connectivity index (χ4v) is 4.87. The van der Waals surface area contributed by atoms with Gasteiger partial charge in [0.2, 0.25) is 5.95 Å². The van der Waals surface area contributed by atoms with Gasteiger partial charge in [-0.25, -0.2) is 9.97 Å². The van der Waals surface area contributed by atoms with E-state index in [1.54, 1.807) is 6.20 Å². The molecule has 5 rings (SSSR count). The van der Waals surface area contributed by atoms with Gasteiger partial charge in [-0.2, -0.15) is 5.10 Å². The van der Waals surface area contributed by atoms with Crippen LogP contribution in [0.3, 0.4) is 0 Å². The van der Waals surface area contributed by atoms with E-state index in [-0.39, 0.29) is 12.1 Å². The number of hydrogen-bond acceptors (Lipinski definition) is 7. The molecule has 0 radical (unpaired) electrons. The molecule has 2 aliphatic heterocycles. The van der Waals surface area contributed by atoms with Crippen molar-refractivity contribution < 1.29 is 9.84 Å². The zero-order valence-corrected chi connectivity index (χ0v) is 18.4. The molecule has 2 saturated heterocycles. The van der Waals surface area contributed by atoms with Crippen molar-refractivity contribution in [1.29, 1.82) is 0 Å². The first-order valence-electron chi connectivity index (χ1n) is 11.0. The molecule has 0 unspecified atom stereocenters. The molecule has 2 fully saturated rings. The number of fused-ring (bicyclic) bond motifs is 1. The van der Waals surface area contributed by atoms with E-state index < -0.39 is 0 Å². The van der Waals surface area contributed by atoms with Crippen molar-refractivity contribution in [3.05, 3.63) is 41.3 Å². The van der Waals surface area contributed by atoms with Crippen molar-refractivity contribution in [2.75, 3.05) is 31.6 Å². The van der Waals surface area contributed by atoms with Crippen LogP contribution >= 0.6 is 0 Å². The van der Waals surface area contributed by atoms with Crippen LogP contribution in [0.4, 0.5) is 11.6 Å². The van der Waals surface area contributed by atoms with E-state index in [9.17, 15) is 5.11 Å². The third-order valence-corrected chi connectivity index (χ3v) is 6.91. The maximum Gasteiger partial charge on any atom is 0.227 e. The van der Waals surface area contributed by atoms with Gasteiger partial charge in [0.25, 0.3) is 0 Å². The molecule has 2 aromatic heterocycles. The number of rotatable bonds is 4. The zero-order valence-electron chi connectivity index (χ0n) is 18.4. The van der Waals surface area contributed by atoms with Crippen LogP contribution in [0, 0.1) is 13.8 Å². The van der Waals surface area contributed by atoms with Gasteiger partial charge in [-0.1, -0.05) is 0 Å². The summed E-state index contributed by atoms with van der Waals surface area (Å²) in [5.74, 6) is 1.09. The summed E-state index contributed by atoms with van der Waals surface area (Å²) < 4.78 is 7.27. The number of nitrogens with zero attached hydrogens (tertiary/aromatic N) is 5. The van der Waals surface area contributed by atoms with Crippen LogP contribution in [-0.2, 0) is 11.8 Å². The van der Waals surface area contributed by atoms with Crippen LogP contribution in [0.1, 0.15) is 35.6 Å². The summed E-state index contributed by atoms with van der Waals surface area (Å²) in [7, 11) is 1.92. The number of likely N-dealkylation sites (tertiary alicyclic amines) is 1. The lowest BCUT2D eigenvalue weighted by Crippen LogP contribution is -2.46. The number of piperidine rings is 1. The van der Waals surface area contributed by atoms with Crippen LogP contribution in [0.25, 0.3) is 10.9 Å². The van der Waals surface area contributed by atoms with Gasteiger partial charge < -0.3 is 15.2 Å². The maximum atomic E-state index is 10.1. The Bertz CT molecular complexity index is 1090. The lowest BCUT2D eigenvalue weighted by atomic mass is 9.85. The first-order chi connectivity index (χ1) is 15.0. The van der Waals surface area contributed by atoms with Gasteiger partial charge in [0.15, 0.2) is 0 Å². The van der Waals surface area contributed by atoms with Gasteiger partial charge in [0.1, 0.15) is 0 Å². The van der Waals surface area contributed by atoms with E-state index in [1.807, 2.05) is 24.9 Å². The summed E-state index contributed by atoms with van der Waals surface area (Å²) >= 11 is 0. The highest BCUT2D eigenvalue weighted by atomic mass is 16.5. The molecule has 164 valence electrons. The Balaban J connectivity index is 1.35. The lowest BCUT2D eigenvalue weighted by molar-refractivity contribution is 0.0663. The molecule has 3 aromatic rings. The summed E-state index contributed by atoms with van der Waals surface area (Å²) in [5, 5.41) is 18.8. The van der Waals surface area contributed by atoms with Crippen molar-refractivity contribution in [2.45, 2.75) is 44.8 Å². The van der Waals surface area contributed by atoms with Crippen LogP contribution in [0.5, 0.6) is 0 Å². The lowest BCUT2D eigenvalue weighted by Gasteiger charge is -2.37. The molecule has 1 aromatic carbocycles. The average molecular weight is 423 g/mol. The van der Waals surface area contributed by atoms with Crippen molar-refractivity contribution in [3.63, 3.8) is 0 Å². The highest BCUT2D eigenvalue weighted by Gasteiger charge is 2.34. The number of benzene rings is 1. The summed E-state index contributed by atoms with van der Waals surface area (Å²) in [6.07, 6.45) is 5.49. The minimum Gasteiger partial charge on any atom is -0.389 e. The van der Waals surface area contributed by atoms with Gasteiger partial charge >= 0.3 is 0 Å². The Hall–Kier alpha value is -2.55. The zero-order chi connectivity index (χ0) is 21.5. The van der Waals surface area contributed by atoms with E-state index >= 15 is 0 Å². The summed E-state index contributed by atoms with van der Waals surface area (Å²) in [5.41, 5.74) is 5.58. The Morgan fingerprint density at radius 1 is 1.13 bits per heavy atom. The second-order valence-corrected chi connectivity index (χ2v) is 8.84. The fraction of sp³-hybridized carbons (Fsp3) is 0.522. The van der Waals surface area contributed by atoms with E-state index in [2.05, 4.69) is 39.4 Å². The molecule has 8 nitrogen and oxygen atoms in total. The van der Waals surface area contributed by atoms with E-state index in [0.717, 1.165) is 48.2 Å². The second-order valence-electron chi connectivity index (χ2n) is 8.84. The third kappa shape index (κ3) is 3.91. The summed E-state index contributed by atoms with van der Waals surface area (Å²) in [6.45, 7) is 7.28. The average Bonchev–Trinajstić information content (AvgIpc) is 3.34. The van der Waals surface area contributed by atoms with Crippen molar-refractivity contribution in [3.8, 4) is 0 Å². The number of aryl methyl sites for hydroxylation is 2. The van der Waals surface area contributed by atoms with Gasteiger partial charge in [-0.05, 0) is 69.0 Å². The first kappa shape index (κ1) is 20.4. The highest BCUT2D eigenvalue weighted by molar-refractivity contribution is 5.81. The van der Waals surface area contributed by atoms with Gasteiger partial charge in [-0.3, -0.25) is 9.58 Å². The van der Waals surface area contributed by atoms with Gasteiger partial charge in [0.05, 0.1) is 48.5 Å². The highest BCUT2D eigenvalue weighted by Crippen LogP contribution is 2.34. The Morgan fingerprint density at radius 3 is 2.61 bits per heavy atom. The fourth-order valence-electron chi connectivity index (χ4n) is 4.87. The normalized spacial score (nSPS) is 23.0. The molecule has 8 heteroatoms. The summed E-state index contributed by atoms with van der Waals surface area (Å²) in [6, 6.07) is 4.59. The summed E-state index contributed by atoms with van der Waals surface area (Å²) in [4.78, 5) is 11.7. The molecule has 0 saturated carbocycles. The Morgan fingerprint density at radius 2 is 1.94 bits per heavy atom. The predicted molar refractivity (Wildman–Crippen MR) is 120 cm³/mol. The van der Waals surface area contributed by atoms with Crippen molar-refractivity contribution in [2.24, 2.45) is 7.05 Å². The van der Waals surface area contributed by atoms with Gasteiger partial charge in [0, 0.05) is 18.6 Å². The van der Waals surface area contributed by atoms with E-state index in [1.165, 1.54) is 11.1 Å². The van der Waals surface area contributed by atoms with Crippen LogP contribution in [0.15, 0.2) is 24.5 Å². The van der Waals surface area contributed by atoms with E-state index in [0.29, 0.717) is 25.1 Å². The number of aromatic nitrogens is 4. The first-order valence-corrected chi connectivity index (χ1v) is 11.0. The monoisotopic (exact) mass is 422 g/mol. The largest absolute Gasteiger partial charge is 0.389 e. The van der Waals surface area contributed by atoms with Crippen LogP contribution < -0.4 is 5.32 Å². The van der Waals surface area contributed by atoms with Crippen LogP contribution in [-0.4, -0.2) is 68.2 Å². The number of anilines is 2. The molecule has 0 amide bonds. The number of hydrogen-bond donors (Lipinski definition) is 2. The minimum atomic E-state index is -0.356. The van der Waals surface area contributed by atoms with Gasteiger partial charge in [-0.15, -0.1) is 0 Å². The molecule has 0 bridgehead atoms. The third-order valence-electron chi connectivity index (χ3n) is 6.91. The molecular weight excluding hydrogens is 392 g/mol. The number of aliphatic hydroxyl groups is 1. The second kappa shape index (κ2) is 8.18. The Labute approximate surface area is 182 Å². The molecule has 4 heterocycles. The molecule has 0 aliphatic carbocycles. The molecule has 2 atom stereocenters. The maximum absolute atomic E-state index is 10.1. The Kier molecular flexibility index (Phi) is 5.37. The quantitative estimate of drug-likeness (QED) is 0.668. The van der Waals surface area contributed by atoms with Crippen molar-refractivity contribution >= 4 is 22.5 Å². The smallest absolute Gasteiger partial charge is 0.227 e. The SMILES string of the molecule is Cc1cc2cnc(Nc3cnn(C)c3C)nc2cc1C1CCN([C@@H]2COC[C@@H]2O)CC1. The van der Waals surface area contributed by atoms with Crippen LogP contribution in [0.2, 0.25) is 0 Å². The standard InChI is InChI=1S/C23H30N6O2/c1-14-8-17-10-24-23(27-20-11-25-28(3)15(20)2)26-19(17)9-18(14)16-4-6-29(7-5-16)21-12-31-13-22(21)30/h8-11,16,21-22,30H,4-7,12-13H2,1-3H3,(H,24,26,27)/t21-,22+/m1/s1.